The third kappa shape index (κ3) is 6.34. The van der Waals surface area contributed by atoms with Crippen LogP contribution in [0.4, 0.5) is 5.69 Å². The summed E-state index contributed by atoms with van der Waals surface area (Å²) in [5.41, 5.74) is 2.35. The maximum atomic E-state index is 13.4. The number of anilines is 1. The van der Waals surface area contributed by atoms with Crippen molar-refractivity contribution < 1.29 is 32.1 Å². The van der Waals surface area contributed by atoms with Crippen LogP contribution in [0, 0.1) is 0 Å². The van der Waals surface area contributed by atoms with Gasteiger partial charge in [0.05, 0.1) is 46.1 Å². The van der Waals surface area contributed by atoms with Crippen LogP contribution in [-0.4, -0.2) is 44.0 Å². The predicted molar refractivity (Wildman–Crippen MR) is 151 cm³/mol. The molecule has 204 valence electrons. The first-order valence-electron chi connectivity index (χ1n) is 11.8. The van der Waals surface area contributed by atoms with Crippen molar-refractivity contribution in [2.24, 2.45) is 0 Å². The Labute approximate surface area is 225 Å². The van der Waals surface area contributed by atoms with E-state index in [1.807, 2.05) is 32.9 Å². The number of hydrogen-bond donors (Lipinski definition) is 1. The average molecular weight is 542 g/mol. The Morgan fingerprint density at radius 1 is 0.711 bits per heavy atom. The summed E-state index contributed by atoms with van der Waals surface area (Å²) in [5, 5.41) is 0. The Hall–Kier alpha value is -3.85. The summed E-state index contributed by atoms with van der Waals surface area (Å²) in [5.74, 6) is 2.31. The van der Waals surface area contributed by atoms with Crippen LogP contribution in [0.3, 0.4) is 0 Å². The van der Waals surface area contributed by atoms with Crippen LogP contribution in [0.2, 0.25) is 0 Å². The van der Waals surface area contributed by atoms with Gasteiger partial charge in [-0.05, 0) is 46.9 Å². The molecule has 0 saturated heterocycles. The summed E-state index contributed by atoms with van der Waals surface area (Å²) in [4.78, 5) is 0.166. The van der Waals surface area contributed by atoms with E-state index >= 15 is 0 Å². The fourth-order valence-electron chi connectivity index (χ4n) is 3.84. The molecule has 0 aliphatic carbocycles. The first-order chi connectivity index (χ1) is 18.0. The lowest BCUT2D eigenvalue weighted by Gasteiger charge is -2.20. The van der Waals surface area contributed by atoms with Crippen molar-refractivity contribution in [1.82, 2.24) is 0 Å². The van der Waals surface area contributed by atoms with E-state index in [1.54, 1.807) is 62.8 Å². The van der Waals surface area contributed by atoms with Crippen molar-refractivity contribution >= 4 is 27.9 Å². The molecule has 0 unspecified atom stereocenters. The van der Waals surface area contributed by atoms with E-state index in [2.05, 4.69) is 4.72 Å². The molecule has 0 saturated carbocycles. The Morgan fingerprint density at radius 2 is 1.29 bits per heavy atom. The minimum Gasteiger partial charge on any atom is -0.493 e. The molecule has 8 nitrogen and oxygen atoms in total. The van der Waals surface area contributed by atoms with Gasteiger partial charge < -0.3 is 23.7 Å². The van der Waals surface area contributed by atoms with Gasteiger partial charge in [-0.1, -0.05) is 45.1 Å². The molecule has 3 aromatic carbocycles. The van der Waals surface area contributed by atoms with Gasteiger partial charge in [0.2, 0.25) is 5.75 Å². The summed E-state index contributed by atoms with van der Waals surface area (Å²) < 4.78 is 56.8. The minimum absolute atomic E-state index is 0.166. The van der Waals surface area contributed by atoms with Crippen LogP contribution in [0.25, 0.3) is 12.2 Å². The first kappa shape index (κ1) is 28.7. The van der Waals surface area contributed by atoms with Crippen molar-refractivity contribution in [3.05, 3.63) is 65.2 Å². The first-order valence-corrected chi connectivity index (χ1v) is 13.3. The van der Waals surface area contributed by atoms with Gasteiger partial charge >= 0.3 is 0 Å². The molecule has 0 aromatic heterocycles. The molecule has 0 aliphatic rings. The van der Waals surface area contributed by atoms with Gasteiger partial charge in [0, 0.05) is 11.6 Å². The largest absolute Gasteiger partial charge is 0.493 e. The molecule has 38 heavy (non-hydrogen) atoms. The highest BCUT2D eigenvalue weighted by molar-refractivity contribution is 7.92. The van der Waals surface area contributed by atoms with E-state index < -0.39 is 10.0 Å². The Balaban J connectivity index is 2.09. The van der Waals surface area contributed by atoms with Crippen LogP contribution < -0.4 is 28.4 Å². The summed E-state index contributed by atoms with van der Waals surface area (Å²) in [7, 11) is 3.72. The van der Waals surface area contributed by atoms with Crippen LogP contribution in [0.15, 0.2) is 53.4 Å². The van der Waals surface area contributed by atoms with Crippen LogP contribution in [0.5, 0.6) is 28.7 Å². The summed E-state index contributed by atoms with van der Waals surface area (Å²) in [6.45, 7) is 6.10. The summed E-state index contributed by atoms with van der Waals surface area (Å²) >= 11 is 0. The van der Waals surface area contributed by atoms with Gasteiger partial charge in [-0.2, -0.15) is 0 Å². The number of ether oxygens (including phenoxy) is 5. The lowest BCUT2D eigenvalue weighted by Crippen LogP contribution is -2.16. The molecule has 9 heteroatoms. The van der Waals surface area contributed by atoms with E-state index in [0.29, 0.717) is 40.0 Å². The topological polar surface area (TPSA) is 92.3 Å². The highest BCUT2D eigenvalue weighted by atomic mass is 32.2. The monoisotopic (exact) mass is 541 g/mol. The Kier molecular flexibility index (Phi) is 8.83. The maximum Gasteiger partial charge on any atom is 0.261 e. The van der Waals surface area contributed by atoms with E-state index in [0.717, 1.165) is 11.1 Å². The number of hydrogen-bond acceptors (Lipinski definition) is 7. The Bertz CT molecular complexity index is 1400. The fourth-order valence-corrected chi connectivity index (χ4v) is 4.96. The molecule has 3 aromatic rings. The molecular weight excluding hydrogens is 506 g/mol. The lowest BCUT2D eigenvalue weighted by atomic mass is 9.87. The standard InChI is InChI=1S/C29H35NO7S/c1-29(2,3)21-10-9-11-22(17-21)38(31,32)30-23-18-25(34-5)24(33-4)16-20(23)13-12-19-14-26(35-6)28(37-8)27(15-19)36-7/h9-18,30H,1-8H3/b13-12-. The maximum absolute atomic E-state index is 13.4. The van der Waals surface area contributed by atoms with E-state index in [1.165, 1.54) is 21.3 Å². The highest BCUT2D eigenvalue weighted by Crippen LogP contribution is 2.40. The van der Waals surface area contributed by atoms with Crippen molar-refractivity contribution in [3.63, 3.8) is 0 Å². The van der Waals surface area contributed by atoms with E-state index in [9.17, 15) is 8.42 Å². The number of rotatable bonds is 10. The van der Waals surface area contributed by atoms with Crippen LogP contribution >= 0.6 is 0 Å². The smallest absolute Gasteiger partial charge is 0.261 e. The minimum atomic E-state index is -3.91. The molecule has 3 rings (SSSR count). The second-order valence-corrected chi connectivity index (χ2v) is 11.2. The molecule has 1 N–H and O–H groups in total. The fraction of sp³-hybridized carbons (Fsp3) is 0.310. The molecule has 0 amide bonds. The molecule has 0 heterocycles. The molecule has 0 bridgehead atoms. The molecule has 0 spiro atoms. The van der Waals surface area contributed by atoms with Gasteiger partial charge in [-0.25, -0.2) is 8.42 Å². The lowest BCUT2D eigenvalue weighted by molar-refractivity contribution is 0.324. The molecule has 0 fully saturated rings. The molecule has 0 radical (unpaired) electrons. The summed E-state index contributed by atoms with van der Waals surface area (Å²) in [6, 6.07) is 13.8. The zero-order valence-electron chi connectivity index (χ0n) is 23.0. The predicted octanol–water partition coefficient (Wildman–Crippen LogP) is 6.00. The van der Waals surface area contributed by atoms with Gasteiger partial charge in [-0.15, -0.1) is 0 Å². The van der Waals surface area contributed by atoms with E-state index in [4.69, 9.17) is 23.7 Å². The second kappa shape index (κ2) is 11.7. The van der Waals surface area contributed by atoms with Crippen molar-refractivity contribution in [2.75, 3.05) is 40.3 Å². The number of methoxy groups -OCH3 is 5. The van der Waals surface area contributed by atoms with Gasteiger partial charge in [0.1, 0.15) is 0 Å². The van der Waals surface area contributed by atoms with Crippen molar-refractivity contribution in [3.8, 4) is 28.7 Å². The normalized spacial score (nSPS) is 11.8. The SMILES string of the molecule is COc1cc(/C=C\c2cc(OC)c(OC)c(OC)c2)c(NS(=O)(=O)c2cccc(C(C)(C)C)c2)cc1OC. The van der Waals surface area contributed by atoms with E-state index in [-0.39, 0.29) is 10.3 Å². The van der Waals surface area contributed by atoms with Crippen molar-refractivity contribution in [1.29, 1.82) is 0 Å². The third-order valence-corrected chi connectivity index (χ3v) is 7.32. The van der Waals surface area contributed by atoms with Gasteiger partial charge in [-0.3, -0.25) is 4.72 Å². The highest BCUT2D eigenvalue weighted by Gasteiger charge is 2.21. The average Bonchev–Trinajstić information content (AvgIpc) is 2.90. The molecule has 0 atom stereocenters. The zero-order valence-corrected chi connectivity index (χ0v) is 23.9. The summed E-state index contributed by atoms with van der Waals surface area (Å²) in [6.07, 6.45) is 3.58. The molecular formula is C29H35NO7S. The quantitative estimate of drug-likeness (QED) is 0.315. The van der Waals surface area contributed by atoms with Crippen LogP contribution in [-0.2, 0) is 15.4 Å². The van der Waals surface area contributed by atoms with Crippen molar-refractivity contribution in [2.45, 2.75) is 31.1 Å². The zero-order chi connectivity index (χ0) is 28.1. The number of sulfonamides is 1. The third-order valence-electron chi connectivity index (χ3n) is 5.95. The number of nitrogens with one attached hydrogen (secondary N) is 1. The number of benzene rings is 3. The van der Waals surface area contributed by atoms with Gasteiger partial charge in [0.15, 0.2) is 23.0 Å². The Morgan fingerprint density at radius 3 is 1.82 bits per heavy atom. The van der Waals surface area contributed by atoms with Crippen LogP contribution in [0.1, 0.15) is 37.5 Å². The molecule has 0 aliphatic heterocycles. The second-order valence-electron chi connectivity index (χ2n) is 9.47. The van der Waals surface area contributed by atoms with Gasteiger partial charge in [0.25, 0.3) is 10.0 Å².